The third-order valence-electron chi connectivity index (χ3n) is 2.63. The summed E-state index contributed by atoms with van der Waals surface area (Å²) in [6.45, 7) is 1.75. The number of carbonyl (C=O) groups is 2. The molecule has 23 heavy (non-hydrogen) atoms. The minimum atomic E-state index is -0.456. The van der Waals surface area contributed by atoms with Gasteiger partial charge in [-0.2, -0.15) is 0 Å². The number of amides is 1. The first-order chi connectivity index (χ1) is 10.1. The topological polar surface area (TPSA) is 94.3 Å². The fraction of sp³-hybridized carbons (Fsp3) is 0.214. The number of ether oxygens (including phenoxy) is 1. The Hall–Kier alpha value is -1.67. The molecule has 0 saturated carbocycles. The van der Waals surface area contributed by atoms with Crippen LogP contribution in [0.25, 0.3) is 0 Å². The summed E-state index contributed by atoms with van der Waals surface area (Å²) < 4.78 is 5.23. The van der Waals surface area contributed by atoms with E-state index in [1.807, 2.05) is 30.3 Å². The Kier molecular flexibility index (Phi) is 9.43. The number of thiazole rings is 1. The molecule has 0 radical (unpaired) electrons. The van der Waals surface area contributed by atoms with Gasteiger partial charge in [0.05, 0.1) is 12.2 Å². The molecule has 0 saturated heterocycles. The van der Waals surface area contributed by atoms with E-state index in [0.717, 1.165) is 16.9 Å². The van der Waals surface area contributed by atoms with Crippen molar-refractivity contribution >= 4 is 53.2 Å². The quantitative estimate of drug-likeness (QED) is 0.780. The zero-order valence-corrected chi connectivity index (χ0v) is 14.7. The van der Waals surface area contributed by atoms with Gasteiger partial charge >= 0.3 is 5.97 Å². The van der Waals surface area contributed by atoms with Crippen LogP contribution in [-0.2, 0) is 16.1 Å². The van der Waals surface area contributed by atoms with Gasteiger partial charge in [0.25, 0.3) is 0 Å². The van der Waals surface area contributed by atoms with Crippen molar-refractivity contribution in [3.63, 3.8) is 0 Å². The molecular formula is C14H17Cl2N3O3S. The molecule has 1 aromatic heterocycles. The van der Waals surface area contributed by atoms with Crippen LogP contribution in [0, 0.1) is 6.92 Å². The normalized spacial score (nSPS) is 9.30. The van der Waals surface area contributed by atoms with Gasteiger partial charge in [0.2, 0.25) is 5.91 Å². The highest BCUT2D eigenvalue weighted by Crippen LogP contribution is 2.23. The van der Waals surface area contributed by atoms with E-state index in [-0.39, 0.29) is 43.9 Å². The number of halogens is 2. The first-order valence-corrected chi connectivity index (χ1v) is 7.10. The molecule has 0 spiro atoms. The van der Waals surface area contributed by atoms with Gasteiger partial charge in [0.1, 0.15) is 11.5 Å². The number of hydrogen-bond acceptors (Lipinski definition) is 6. The highest BCUT2D eigenvalue weighted by atomic mass is 35.5. The Labute approximate surface area is 150 Å². The van der Waals surface area contributed by atoms with Crippen LogP contribution in [0.2, 0.25) is 0 Å². The van der Waals surface area contributed by atoms with Gasteiger partial charge < -0.3 is 15.8 Å². The van der Waals surface area contributed by atoms with Crippen LogP contribution in [0.3, 0.4) is 0 Å². The minimum absolute atomic E-state index is 0. The molecule has 6 nitrogen and oxygen atoms in total. The second-order valence-corrected chi connectivity index (χ2v) is 5.25. The Bertz CT molecular complexity index is 650. The van der Waals surface area contributed by atoms with Gasteiger partial charge in [-0.25, -0.2) is 9.78 Å². The first kappa shape index (κ1) is 21.3. The molecule has 126 valence electrons. The Morgan fingerprint density at radius 2 is 1.91 bits per heavy atom. The Balaban J connectivity index is 0.00000242. The molecule has 1 amide bonds. The zero-order valence-electron chi connectivity index (χ0n) is 12.3. The molecule has 0 atom stereocenters. The molecule has 1 aromatic carbocycles. The van der Waals surface area contributed by atoms with Crippen molar-refractivity contribution in [2.45, 2.75) is 13.5 Å². The van der Waals surface area contributed by atoms with E-state index < -0.39 is 5.97 Å². The molecule has 2 rings (SSSR count). The van der Waals surface area contributed by atoms with Crippen molar-refractivity contribution < 1.29 is 14.3 Å². The summed E-state index contributed by atoms with van der Waals surface area (Å²) in [7, 11) is 0. The number of anilines is 1. The zero-order chi connectivity index (χ0) is 15.2. The molecule has 0 aliphatic carbocycles. The molecule has 0 bridgehead atoms. The maximum absolute atomic E-state index is 12.0. The number of nitrogens with one attached hydrogen (secondary N) is 1. The largest absolute Gasteiger partial charge is 0.457 e. The Morgan fingerprint density at radius 1 is 1.26 bits per heavy atom. The fourth-order valence-corrected chi connectivity index (χ4v) is 2.47. The van der Waals surface area contributed by atoms with Gasteiger partial charge in [-0.1, -0.05) is 41.7 Å². The SMILES string of the molecule is Cc1nc(NC(=O)CN)sc1C(=O)OCc1ccccc1.Cl.Cl. The van der Waals surface area contributed by atoms with Crippen molar-refractivity contribution in [3.8, 4) is 0 Å². The van der Waals surface area contributed by atoms with Gasteiger partial charge in [0.15, 0.2) is 5.13 Å². The van der Waals surface area contributed by atoms with E-state index in [9.17, 15) is 9.59 Å². The second-order valence-electron chi connectivity index (χ2n) is 4.25. The standard InChI is InChI=1S/C14H15N3O3S.2ClH/c1-9-12(21-14(16-9)17-11(18)7-15)13(19)20-8-10-5-3-2-4-6-10;;/h2-6H,7-8,15H2,1H3,(H,16,17,18);2*1H. The van der Waals surface area contributed by atoms with Crippen LogP contribution in [0.15, 0.2) is 30.3 Å². The number of nitrogens with two attached hydrogens (primary N) is 1. The number of hydrogen-bond donors (Lipinski definition) is 2. The van der Waals surface area contributed by atoms with Crippen LogP contribution in [-0.4, -0.2) is 23.4 Å². The van der Waals surface area contributed by atoms with Crippen LogP contribution in [0.4, 0.5) is 5.13 Å². The van der Waals surface area contributed by atoms with E-state index in [1.165, 1.54) is 0 Å². The van der Waals surface area contributed by atoms with Gasteiger partial charge in [-0.05, 0) is 12.5 Å². The summed E-state index contributed by atoms with van der Waals surface area (Å²) in [6, 6.07) is 9.40. The fourth-order valence-electron chi connectivity index (χ4n) is 1.60. The summed E-state index contributed by atoms with van der Waals surface area (Å²) >= 11 is 1.07. The summed E-state index contributed by atoms with van der Waals surface area (Å²) in [5.41, 5.74) is 6.64. The summed E-state index contributed by atoms with van der Waals surface area (Å²) in [6.07, 6.45) is 0. The molecule has 0 fully saturated rings. The maximum Gasteiger partial charge on any atom is 0.350 e. The second kappa shape index (κ2) is 10.2. The molecule has 1 heterocycles. The van der Waals surface area contributed by atoms with E-state index in [1.54, 1.807) is 6.92 Å². The number of esters is 1. The summed E-state index contributed by atoms with van der Waals surface area (Å²) in [5.74, 6) is -0.810. The number of aryl methyl sites for hydroxylation is 1. The first-order valence-electron chi connectivity index (χ1n) is 6.28. The third kappa shape index (κ3) is 6.15. The highest BCUT2D eigenvalue weighted by molar-refractivity contribution is 7.17. The number of nitrogens with zero attached hydrogens (tertiary/aromatic N) is 1. The van der Waals surface area contributed by atoms with E-state index in [0.29, 0.717) is 15.7 Å². The summed E-state index contributed by atoms with van der Waals surface area (Å²) in [4.78, 5) is 27.7. The van der Waals surface area contributed by atoms with Crippen LogP contribution in [0.5, 0.6) is 0 Å². The van der Waals surface area contributed by atoms with Crippen LogP contribution < -0.4 is 11.1 Å². The number of carbonyl (C=O) groups excluding carboxylic acids is 2. The predicted molar refractivity (Wildman–Crippen MR) is 94.6 cm³/mol. The smallest absolute Gasteiger partial charge is 0.350 e. The third-order valence-corrected chi connectivity index (χ3v) is 3.68. The number of rotatable bonds is 5. The molecule has 9 heteroatoms. The Morgan fingerprint density at radius 3 is 2.52 bits per heavy atom. The van der Waals surface area contributed by atoms with Crippen molar-refractivity contribution in [1.29, 1.82) is 0 Å². The van der Waals surface area contributed by atoms with Crippen molar-refractivity contribution in [3.05, 3.63) is 46.5 Å². The average molecular weight is 378 g/mol. The lowest BCUT2D eigenvalue weighted by atomic mass is 10.2. The monoisotopic (exact) mass is 377 g/mol. The molecule has 0 aliphatic heterocycles. The van der Waals surface area contributed by atoms with Crippen molar-refractivity contribution in [2.75, 3.05) is 11.9 Å². The van der Waals surface area contributed by atoms with E-state index in [2.05, 4.69) is 10.3 Å². The highest BCUT2D eigenvalue weighted by Gasteiger charge is 2.17. The molecule has 0 aliphatic rings. The minimum Gasteiger partial charge on any atom is -0.457 e. The lowest BCUT2D eigenvalue weighted by molar-refractivity contribution is -0.114. The maximum atomic E-state index is 12.0. The lowest BCUT2D eigenvalue weighted by Gasteiger charge is -2.03. The average Bonchev–Trinajstić information content (AvgIpc) is 2.86. The number of benzene rings is 1. The predicted octanol–water partition coefficient (Wildman–Crippen LogP) is 2.55. The number of aromatic nitrogens is 1. The van der Waals surface area contributed by atoms with Crippen LogP contribution >= 0.6 is 36.2 Å². The molecule has 0 unspecified atom stereocenters. The van der Waals surface area contributed by atoms with Crippen molar-refractivity contribution in [2.24, 2.45) is 5.73 Å². The van der Waals surface area contributed by atoms with Gasteiger partial charge in [0, 0.05) is 0 Å². The lowest BCUT2D eigenvalue weighted by Crippen LogP contribution is -2.21. The van der Waals surface area contributed by atoms with Crippen molar-refractivity contribution in [1.82, 2.24) is 4.98 Å². The molecule has 2 aromatic rings. The van der Waals surface area contributed by atoms with E-state index in [4.69, 9.17) is 10.5 Å². The van der Waals surface area contributed by atoms with Gasteiger partial charge in [-0.15, -0.1) is 24.8 Å². The molecular weight excluding hydrogens is 361 g/mol. The molecule has 3 N–H and O–H groups in total. The van der Waals surface area contributed by atoms with Gasteiger partial charge in [-0.3, -0.25) is 4.79 Å². The van der Waals surface area contributed by atoms with E-state index >= 15 is 0 Å². The van der Waals surface area contributed by atoms with Crippen LogP contribution in [0.1, 0.15) is 20.9 Å². The summed E-state index contributed by atoms with van der Waals surface area (Å²) in [5, 5.41) is 2.86.